The lowest BCUT2D eigenvalue weighted by Crippen LogP contribution is -2.41. The molecule has 2 aliphatic carbocycles. The Morgan fingerprint density at radius 3 is 2.80 bits per heavy atom. The number of nitrogens with zero attached hydrogens (tertiary/aromatic N) is 1. The summed E-state index contributed by atoms with van der Waals surface area (Å²) in [6.45, 7) is 3.62. The smallest absolute Gasteiger partial charge is 0.0331 e. The van der Waals surface area contributed by atoms with Gasteiger partial charge in [-0.2, -0.15) is 0 Å². The number of hydrogen-bond acceptors (Lipinski definition) is 3. The molecule has 1 aromatic heterocycles. The number of nitrogens with one attached hydrogen (secondary N) is 1. The highest BCUT2D eigenvalue weighted by Gasteiger charge is 2.34. The second kappa shape index (κ2) is 5.78. The molecule has 0 spiro atoms. The van der Waals surface area contributed by atoms with Crippen LogP contribution in [0.1, 0.15) is 54.7 Å². The lowest BCUT2D eigenvalue weighted by atomic mass is 9.92. The van der Waals surface area contributed by atoms with E-state index in [1.807, 2.05) is 11.3 Å². The van der Waals surface area contributed by atoms with Gasteiger partial charge >= 0.3 is 0 Å². The van der Waals surface area contributed by atoms with Crippen molar-refractivity contribution in [2.75, 3.05) is 6.54 Å². The molecule has 0 aromatic carbocycles. The van der Waals surface area contributed by atoms with E-state index < -0.39 is 0 Å². The van der Waals surface area contributed by atoms with Crippen LogP contribution in [-0.2, 0) is 13.1 Å². The molecule has 1 aromatic rings. The highest BCUT2D eigenvalue weighted by molar-refractivity contribution is 7.11. The third-order valence-corrected chi connectivity index (χ3v) is 6.40. The van der Waals surface area contributed by atoms with Gasteiger partial charge in [-0.3, -0.25) is 4.90 Å². The van der Waals surface area contributed by atoms with Crippen LogP contribution in [0.25, 0.3) is 0 Å². The average Bonchev–Trinajstić information content (AvgIpc) is 2.98. The Morgan fingerprint density at radius 2 is 1.90 bits per heavy atom. The quantitative estimate of drug-likeness (QED) is 0.888. The monoisotopic (exact) mass is 290 g/mol. The van der Waals surface area contributed by atoms with E-state index in [1.54, 1.807) is 4.88 Å². The molecular weight excluding hydrogens is 264 g/mol. The maximum absolute atomic E-state index is 3.62. The minimum absolute atomic E-state index is 0.821. The lowest BCUT2D eigenvalue weighted by Gasteiger charge is -2.37. The van der Waals surface area contributed by atoms with E-state index in [4.69, 9.17) is 0 Å². The summed E-state index contributed by atoms with van der Waals surface area (Å²) in [5, 5.41) is 3.62. The number of thiophene rings is 1. The van der Waals surface area contributed by atoms with E-state index in [9.17, 15) is 0 Å². The summed E-state index contributed by atoms with van der Waals surface area (Å²) in [6, 6.07) is 6.43. The standard InChI is InChI=1S/C17H26N2S/c1-3-13-4-2-10-19(17(13)5-1)12-16-9-8-15(20-16)11-18-14-6-7-14/h8-9,13-14,17-18H,1-7,10-12H2. The first-order chi connectivity index (χ1) is 9.88. The van der Waals surface area contributed by atoms with Crippen molar-refractivity contribution in [2.45, 2.75) is 70.1 Å². The summed E-state index contributed by atoms with van der Waals surface area (Å²) in [6.07, 6.45) is 10.1. The first-order valence-electron chi connectivity index (χ1n) is 8.43. The fourth-order valence-electron chi connectivity index (χ4n) is 4.09. The van der Waals surface area contributed by atoms with Gasteiger partial charge in [0.2, 0.25) is 0 Å². The molecule has 4 rings (SSSR count). The molecule has 20 heavy (non-hydrogen) atoms. The fraction of sp³-hybridized carbons (Fsp3) is 0.765. The van der Waals surface area contributed by atoms with Crippen molar-refractivity contribution in [1.82, 2.24) is 10.2 Å². The van der Waals surface area contributed by atoms with Gasteiger partial charge in [0.1, 0.15) is 0 Å². The van der Waals surface area contributed by atoms with Crippen molar-refractivity contribution in [3.05, 3.63) is 21.9 Å². The second-order valence-electron chi connectivity index (χ2n) is 6.89. The number of likely N-dealkylation sites (tertiary alicyclic amines) is 1. The van der Waals surface area contributed by atoms with Gasteiger partial charge in [-0.05, 0) is 63.1 Å². The van der Waals surface area contributed by atoms with Crippen molar-refractivity contribution in [2.24, 2.45) is 5.92 Å². The first-order valence-corrected chi connectivity index (χ1v) is 9.25. The zero-order chi connectivity index (χ0) is 13.4. The van der Waals surface area contributed by atoms with Gasteiger partial charge in [-0.25, -0.2) is 0 Å². The molecule has 3 aliphatic rings. The average molecular weight is 290 g/mol. The van der Waals surface area contributed by atoms with Gasteiger partial charge in [-0.1, -0.05) is 6.42 Å². The number of piperidine rings is 1. The molecule has 2 unspecified atom stereocenters. The van der Waals surface area contributed by atoms with Crippen molar-refractivity contribution < 1.29 is 0 Å². The van der Waals surface area contributed by atoms with Crippen LogP contribution >= 0.6 is 11.3 Å². The largest absolute Gasteiger partial charge is 0.309 e. The molecule has 2 saturated carbocycles. The van der Waals surface area contributed by atoms with E-state index in [0.29, 0.717) is 0 Å². The van der Waals surface area contributed by atoms with Crippen LogP contribution in [0, 0.1) is 5.92 Å². The van der Waals surface area contributed by atoms with E-state index in [0.717, 1.165) is 24.5 Å². The maximum atomic E-state index is 3.62. The Labute approximate surface area is 126 Å². The predicted molar refractivity (Wildman–Crippen MR) is 85.0 cm³/mol. The summed E-state index contributed by atoms with van der Waals surface area (Å²) in [4.78, 5) is 5.88. The van der Waals surface area contributed by atoms with E-state index in [1.165, 1.54) is 62.9 Å². The normalized spacial score (nSPS) is 30.6. The zero-order valence-electron chi connectivity index (χ0n) is 12.3. The Bertz CT molecular complexity index is 452. The van der Waals surface area contributed by atoms with E-state index in [-0.39, 0.29) is 0 Å². The van der Waals surface area contributed by atoms with Crippen LogP contribution in [0.15, 0.2) is 12.1 Å². The highest BCUT2D eigenvalue weighted by atomic mass is 32.1. The third kappa shape index (κ3) is 2.95. The van der Waals surface area contributed by atoms with Crippen LogP contribution in [0.3, 0.4) is 0 Å². The molecule has 1 N–H and O–H groups in total. The predicted octanol–water partition coefficient (Wildman–Crippen LogP) is 3.76. The molecule has 0 bridgehead atoms. The minimum Gasteiger partial charge on any atom is -0.309 e. The van der Waals surface area contributed by atoms with Crippen molar-refractivity contribution in [3.63, 3.8) is 0 Å². The molecule has 3 fully saturated rings. The van der Waals surface area contributed by atoms with Crippen molar-refractivity contribution in [3.8, 4) is 0 Å². The molecule has 1 aliphatic heterocycles. The van der Waals surface area contributed by atoms with Gasteiger partial charge in [0, 0.05) is 34.9 Å². The summed E-state index contributed by atoms with van der Waals surface area (Å²) >= 11 is 2.03. The van der Waals surface area contributed by atoms with Crippen LogP contribution in [0.5, 0.6) is 0 Å². The Balaban J connectivity index is 1.35. The fourth-order valence-corrected chi connectivity index (χ4v) is 5.08. The summed E-state index contributed by atoms with van der Waals surface area (Å²) in [7, 11) is 0. The molecular formula is C17H26N2S. The van der Waals surface area contributed by atoms with E-state index >= 15 is 0 Å². The molecule has 1 saturated heterocycles. The number of fused-ring (bicyclic) bond motifs is 1. The highest BCUT2D eigenvalue weighted by Crippen LogP contribution is 2.37. The summed E-state index contributed by atoms with van der Waals surface area (Å²) in [5.74, 6) is 1.01. The second-order valence-corrected chi connectivity index (χ2v) is 8.15. The number of hydrogen-bond donors (Lipinski definition) is 1. The lowest BCUT2D eigenvalue weighted by molar-refractivity contribution is 0.107. The Morgan fingerprint density at radius 1 is 1.05 bits per heavy atom. The molecule has 0 amide bonds. The zero-order valence-corrected chi connectivity index (χ0v) is 13.1. The molecule has 3 heteroatoms. The topological polar surface area (TPSA) is 15.3 Å². The first kappa shape index (κ1) is 13.3. The molecule has 2 atom stereocenters. The van der Waals surface area contributed by atoms with E-state index in [2.05, 4.69) is 22.3 Å². The molecule has 2 heterocycles. The minimum atomic E-state index is 0.821. The molecule has 110 valence electrons. The van der Waals surface area contributed by atoms with Crippen LogP contribution < -0.4 is 5.32 Å². The Kier molecular flexibility index (Phi) is 3.84. The van der Waals surface area contributed by atoms with Crippen molar-refractivity contribution in [1.29, 1.82) is 0 Å². The SMILES string of the molecule is c1cc(CN2CCCC3CCCC32)sc1CNC1CC1. The molecule has 2 nitrogen and oxygen atoms in total. The van der Waals surface area contributed by atoms with Crippen LogP contribution in [0.2, 0.25) is 0 Å². The summed E-state index contributed by atoms with van der Waals surface area (Å²) < 4.78 is 0. The van der Waals surface area contributed by atoms with Crippen LogP contribution in [-0.4, -0.2) is 23.5 Å². The van der Waals surface area contributed by atoms with Gasteiger partial charge in [0.15, 0.2) is 0 Å². The summed E-state index contributed by atoms with van der Waals surface area (Å²) in [5.41, 5.74) is 0. The Hall–Kier alpha value is -0.380. The maximum Gasteiger partial charge on any atom is 0.0331 e. The third-order valence-electron chi connectivity index (χ3n) is 5.33. The van der Waals surface area contributed by atoms with Gasteiger partial charge in [0.25, 0.3) is 0 Å². The number of rotatable bonds is 5. The van der Waals surface area contributed by atoms with Gasteiger partial charge in [0.05, 0.1) is 0 Å². The van der Waals surface area contributed by atoms with Gasteiger partial charge in [-0.15, -0.1) is 11.3 Å². The molecule has 0 radical (unpaired) electrons. The van der Waals surface area contributed by atoms with Crippen LogP contribution in [0.4, 0.5) is 0 Å². The van der Waals surface area contributed by atoms with Crippen molar-refractivity contribution >= 4 is 11.3 Å². The van der Waals surface area contributed by atoms with Gasteiger partial charge < -0.3 is 5.32 Å².